The molecule has 12 heteroatoms. The number of hydrogen-bond acceptors (Lipinski definition) is 6. The van der Waals surface area contributed by atoms with Crippen LogP contribution in [0.15, 0.2) is 60.7 Å². The second-order valence-corrected chi connectivity index (χ2v) is 13.4. The molecule has 0 unspecified atom stereocenters. The molecule has 3 N–H and O–H groups in total. The first-order valence-corrected chi connectivity index (χ1v) is 16.3. The summed E-state index contributed by atoms with van der Waals surface area (Å²) < 4.78 is 11.0. The highest BCUT2D eigenvalue weighted by Gasteiger charge is 2.32. The molecule has 0 bridgehead atoms. The Balaban J connectivity index is 1.29. The summed E-state index contributed by atoms with van der Waals surface area (Å²) in [6.45, 7) is 5.67. The van der Waals surface area contributed by atoms with Crippen LogP contribution in [-0.2, 0) is 40.3 Å². The van der Waals surface area contributed by atoms with Gasteiger partial charge in [-0.25, -0.2) is 14.4 Å². The summed E-state index contributed by atoms with van der Waals surface area (Å²) >= 11 is 13.3. The monoisotopic (exact) mass is 680 g/mol. The first-order chi connectivity index (χ1) is 22.4. The molecule has 47 heavy (non-hydrogen) atoms. The van der Waals surface area contributed by atoms with Crippen molar-refractivity contribution in [2.75, 3.05) is 13.1 Å². The van der Waals surface area contributed by atoms with Gasteiger partial charge in [0.1, 0.15) is 18.2 Å². The summed E-state index contributed by atoms with van der Waals surface area (Å²) in [6.07, 6.45) is 1.53. The summed E-state index contributed by atoms with van der Waals surface area (Å²) in [5, 5.41) is 8.52. The predicted octanol–water partition coefficient (Wildman–Crippen LogP) is 6.12. The van der Waals surface area contributed by atoms with Crippen LogP contribution in [0.5, 0.6) is 0 Å². The molecule has 1 aliphatic heterocycles. The van der Waals surface area contributed by atoms with E-state index in [0.717, 1.165) is 24.0 Å². The van der Waals surface area contributed by atoms with Crippen LogP contribution in [0.1, 0.15) is 71.4 Å². The number of urea groups is 1. The van der Waals surface area contributed by atoms with Gasteiger partial charge in [0.15, 0.2) is 0 Å². The fraction of sp³-hybridized carbons (Fsp3) is 0.371. The zero-order valence-corrected chi connectivity index (χ0v) is 28.0. The van der Waals surface area contributed by atoms with Crippen molar-refractivity contribution < 1.29 is 28.7 Å². The minimum atomic E-state index is -1.25. The van der Waals surface area contributed by atoms with E-state index in [0.29, 0.717) is 24.1 Å². The van der Waals surface area contributed by atoms with E-state index in [2.05, 4.69) is 16.0 Å². The van der Waals surface area contributed by atoms with Crippen LogP contribution in [0, 0.1) is 0 Å². The quantitative estimate of drug-likeness (QED) is 0.246. The Hall–Kier alpha value is -4.28. The van der Waals surface area contributed by atoms with E-state index in [1.165, 1.54) is 5.56 Å². The third-order valence-electron chi connectivity index (χ3n) is 8.00. The Bertz CT molecular complexity index is 1660. The molecule has 5 rings (SSSR count). The number of rotatable bonds is 8. The van der Waals surface area contributed by atoms with Crippen LogP contribution < -0.4 is 16.0 Å². The van der Waals surface area contributed by atoms with Gasteiger partial charge in [0, 0.05) is 13.1 Å². The molecular formula is C35H38Cl2N4O6. The molecular weight excluding hydrogens is 643 g/mol. The topological polar surface area (TPSA) is 126 Å². The molecule has 0 spiro atoms. The minimum absolute atomic E-state index is 0.00863. The van der Waals surface area contributed by atoms with Crippen molar-refractivity contribution in [1.29, 1.82) is 0 Å². The summed E-state index contributed by atoms with van der Waals surface area (Å²) in [7, 11) is 0. The molecule has 0 saturated heterocycles. The zero-order valence-electron chi connectivity index (χ0n) is 26.5. The minimum Gasteiger partial charge on any atom is -0.459 e. The highest BCUT2D eigenvalue weighted by molar-refractivity contribution is 6.40. The third kappa shape index (κ3) is 8.55. The van der Waals surface area contributed by atoms with Crippen LogP contribution in [-0.4, -0.2) is 53.6 Å². The molecule has 2 atom stereocenters. The average Bonchev–Trinajstić information content (AvgIpc) is 3.43. The number of esters is 1. The normalized spacial score (nSPS) is 15.9. The van der Waals surface area contributed by atoms with Crippen molar-refractivity contribution in [2.45, 2.75) is 70.9 Å². The van der Waals surface area contributed by atoms with Crippen molar-refractivity contribution in [3.63, 3.8) is 0 Å². The fourth-order valence-electron chi connectivity index (χ4n) is 5.71. The smallest absolute Gasteiger partial charge is 0.410 e. The molecule has 0 aromatic heterocycles. The predicted molar refractivity (Wildman–Crippen MR) is 178 cm³/mol. The summed E-state index contributed by atoms with van der Waals surface area (Å²) in [5.41, 5.74) is 3.72. The van der Waals surface area contributed by atoms with Crippen molar-refractivity contribution in [1.82, 2.24) is 20.9 Å². The first-order valence-electron chi connectivity index (χ1n) is 15.5. The lowest BCUT2D eigenvalue weighted by Crippen LogP contribution is -2.51. The van der Waals surface area contributed by atoms with Gasteiger partial charge in [-0.1, -0.05) is 77.8 Å². The highest BCUT2D eigenvalue weighted by atomic mass is 35.5. The van der Waals surface area contributed by atoms with Gasteiger partial charge in [0.05, 0.1) is 28.2 Å². The molecule has 1 heterocycles. The molecule has 0 saturated carbocycles. The van der Waals surface area contributed by atoms with Crippen molar-refractivity contribution >= 4 is 47.2 Å². The van der Waals surface area contributed by atoms with E-state index in [1.807, 2.05) is 54.6 Å². The van der Waals surface area contributed by atoms with Crippen LogP contribution in [0.3, 0.4) is 0 Å². The van der Waals surface area contributed by atoms with E-state index in [-0.39, 0.29) is 41.3 Å². The Kier molecular flexibility index (Phi) is 10.6. The van der Waals surface area contributed by atoms with Crippen molar-refractivity contribution in [2.24, 2.45) is 0 Å². The maximum absolute atomic E-state index is 13.7. The highest BCUT2D eigenvalue weighted by Crippen LogP contribution is 2.35. The van der Waals surface area contributed by atoms with Crippen molar-refractivity contribution in [3.8, 4) is 0 Å². The lowest BCUT2D eigenvalue weighted by molar-refractivity contribution is -0.147. The van der Waals surface area contributed by atoms with Gasteiger partial charge in [-0.2, -0.15) is 0 Å². The molecule has 2 aliphatic rings. The summed E-state index contributed by atoms with van der Waals surface area (Å²) in [4.78, 5) is 54.1. The number of fused-ring (bicyclic) bond motifs is 2. The van der Waals surface area contributed by atoms with E-state index in [9.17, 15) is 19.2 Å². The number of nitrogens with zero attached hydrogens (tertiary/aromatic N) is 1. The Morgan fingerprint density at radius 2 is 1.70 bits per heavy atom. The lowest BCUT2D eigenvalue weighted by atomic mass is 9.96. The SMILES string of the molecule is CC(C)(C)OC(=O)N1CCc2c(cc(Cl)c(C(=O)N[C@@H](CNC(=O)N[C@@H]3CCc4ccccc43)C(=O)OCc3ccccc3)c2Cl)C1. The number of carbonyl (C=O) groups excluding carboxylic acids is 4. The standard InChI is InChI=1S/C35H38Cl2N4O6/c1-35(2,3)47-34(45)41-16-15-25-23(19-41)17-26(36)29(30(25)37)31(42)39-28(32(43)46-20-21-9-5-4-6-10-21)18-38-33(44)40-27-14-13-22-11-7-8-12-24(22)27/h4-12,17,27-28H,13-16,18-20H2,1-3H3,(H,39,42)(H2,38,40,44)/t27-,28+/m1/s1. The largest absolute Gasteiger partial charge is 0.459 e. The number of nitrogens with one attached hydrogen (secondary N) is 3. The van der Waals surface area contributed by atoms with Gasteiger partial charge < -0.3 is 30.3 Å². The number of carbonyl (C=O) groups is 4. The number of ether oxygens (including phenoxy) is 2. The lowest BCUT2D eigenvalue weighted by Gasteiger charge is -2.32. The van der Waals surface area contributed by atoms with Crippen LogP contribution in [0.4, 0.5) is 9.59 Å². The molecule has 0 radical (unpaired) electrons. The maximum atomic E-state index is 13.7. The zero-order chi connectivity index (χ0) is 33.7. The van der Waals surface area contributed by atoms with Gasteiger partial charge in [0.25, 0.3) is 5.91 Å². The third-order valence-corrected chi connectivity index (χ3v) is 8.72. The van der Waals surface area contributed by atoms with E-state index in [4.69, 9.17) is 32.7 Å². The second kappa shape index (κ2) is 14.6. The van der Waals surface area contributed by atoms with Gasteiger partial charge in [-0.05, 0) is 73.9 Å². The van der Waals surface area contributed by atoms with E-state index in [1.54, 1.807) is 31.7 Å². The molecule has 3 aromatic carbocycles. The molecule has 3 aromatic rings. The fourth-order valence-corrected chi connectivity index (χ4v) is 6.47. The van der Waals surface area contributed by atoms with Gasteiger partial charge in [0.2, 0.25) is 0 Å². The Morgan fingerprint density at radius 3 is 2.45 bits per heavy atom. The molecule has 0 fully saturated rings. The van der Waals surface area contributed by atoms with Gasteiger partial charge in [-0.3, -0.25) is 4.79 Å². The molecule has 248 valence electrons. The number of benzene rings is 3. The van der Waals surface area contributed by atoms with Crippen LogP contribution in [0.2, 0.25) is 10.0 Å². The molecule has 4 amide bonds. The number of aryl methyl sites for hydroxylation is 1. The Morgan fingerprint density at radius 1 is 0.979 bits per heavy atom. The van der Waals surface area contributed by atoms with Gasteiger partial charge in [-0.15, -0.1) is 0 Å². The first kappa shape index (κ1) is 34.1. The average molecular weight is 682 g/mol. The molecule has 1 aliphatic carbocycles. The Labute approximate surface area is 284 Å². The van der Waals surface area contributed by atoms with Crippen LogP contribution in [0.25, 0.3) is 0 Å². The van der Waals surface area contributed by atoms with E-state index < -0.39 is 35.6 Å². The summed E-state index contributed by atoms with van der Waals surface area (Å²) in [6, 6.07) is 16.7. The van der Waals surface area contributed by atoms with Crippen LogP contribution >= 0.6 is 23.2 Å². The molecule has 10 nitrogen and oxygen atoms in total. The maximum Gasteiger partial charge on any atom is 0.410 e. The number of halogens is 2. The number of amides is 4. The number of hydrogen-bond donors (Lipinski definition) is 3. The van der Waals surface area contributed by atoms with E-state index >= 15 is 0 Å². The van der Waals surface area contributed by atoms with Gasteiger partial charge >= 0.3 is 18.1 Å². The second-order valence-electron chi connectivity index (χ2n) is 12.6. The summed E-state index contributed by atoms with van der Waals surface area (Å²) in [5.74, 6) is -1.45. The van der Waals surface area contributed by atoms with Crippen molar-refractivity contribution in [3.05, 3.63) is 104 Å².